The molecular weight excluding hydrogens is 304 g/mol. The molecule has 4 nitrogen and oxygen atoms in total. The fraction of sp³-hybridized carbons (Fsp3) is 0.455. The van der Waals surface area contributed by atoms with Crippen molar-refractivity contribution < 1.29 is 35.3 Å². The molecule has 0 bridgehead atoms. The lowest BCUT2D eigenvalue weighted by atomic mass is 10.2. The van der Waals surface area contributed by atoms with Gasteiger partial charge < -0.3 is 5.11 Å². The van der Waals surface area contributed by atoms with Crippen LogP contribution in [0.15, 0.2) is 29.2 Å². The molecule has 0 aliphatic heterocycles. The highest BCUT2D eigenvalue weighted by molar-refractivity contribution is 7.86. The Bertz CT molecular complexity index is 554. The van der Waals surface area contributed by atoms with E-state index >= 15 is 0 Å². The molecule has 0 saturated carbocycles. The number of rotatable bonds is 6. The Morgan fingerprint density at radius 2 is 1.60 bits per heavy atom. The number of aliphatic hydroxyl groups excluding tert-OH is 1. The molecule has 1 N–H and O–H groups in total. The zero-order valence-electron chi connectivity index (χ0n) is 10.3. The average molecular weight is 316 g/mol. The summed E-state index contributed by atoms with van der Waals surface area (Å²) in [5.74, 6) is -9.57. The van der Waals surface area contributed by atoms with Crippen molar-refractivity contribution in [3.8, 4) is 0 Å². The highest BCUT2D eigenvalue weighted by Crippen LogP contribution is 2.34. The first kappa shape index (κ1) is 16.9. The molecule has 0 radical (unpaired) electrons. The summed E-state index contributed by atoms with van der Waals surface area (Å²) < 4.78 is 78.4. The van der Waals surface area contributed by atoms with Crippen LogP contribution in [0, 0.1) is 6.92 Å². The van der Waals surface area contributed by atoms with E-state index in [0.29, 0.717) is 0 Å². The second-order valence-corrected chi connectivity index (χ2v) is 5.71. The van der Waals surface area contributed by atoms with Gasteiger partial charge >= 0.3 is 11.8 Å². The summed E-state index contributed by atoms with van der Waals surface area (Å²) in [5, 5.41) is 8.17. The first-order valence-electron chi connectivity index (χ1n) is 5.34. The van der Waals surface area contributed by atoms with Gasteiger partial charge in [-0.2, -0.15) is 26.0 Å². The van der Waals surface area contributed by atoms with Crippen LogP contribution in [0.4, 0.5) is 17.6 Å². The molecule has 0 saturated heterocycles. The highest BCUT2D eigenvalue weighted by Gasteiger charge is 2.56. The molecule has 20 heavy (non-hydrogen) atoms. The molecular formula is C11H12F4O4S. The van der Waals surface area contributed by atoms with Crippen LogP contribution >= 0.6 is 0 Å². The minimum atomic E-state index is -4.81. The van der Waals surface area contributed by atoms with Crippen LogP contribution in [-0.4, -0.2) is 38.6 Å². The molecule has 0 amide bonds. The second-order valence-electron chi connectivity index (χ2n) is 4.10. The molecule has 1 rings (SSSR count). The van der Waals surface area contributed by atoms with Gasteiger partial charge in [-0.15, -0.1) is 0 Å². The van der Waals surface area contributed by atoms with Gasteiger partial charge in [-0.25, -0.2) is 0 Å². The Labute approximate surface area is 113 Å². The maximum absolute atomic E-state index is 13.0. The first-order valence-corrected chi connectivity index (χ1v) is 6.75. The first-order chi connectivity index (χ1) is 9.02. The van der Waals surface area contributed by atoms with Crippen LogP contribution in [0.2, 0.25) is 0 Å². The number of alkyl halides is 4. The number of hydrogen-bond donors (Lipinski definition) is 1. The predicted molar refractivity (Wildman–Crippen MR) is 61.3 cm³/mol. The fourth-order valence-electron chi connectivity index (χ4n) is 1.15. The molecule has 0 atom stereocenters. The summed E-state index contributed by atoms with van der Waals surface area (Å²) in [6.07, 6.45) is 0. The van der Waals surface area contributed by atoms with Crippen molar-refractivity contribution in [1.29, 1.82) is 0 Å². The minimum absolute atomic E-state index is 0.425. The normalized spacial score (nSPS) is 13.5. The Hall–Kier alpha value is -1.19. The van der Waals surface area contributed by atoms with Crippen LogP contribution in [0.25, 0.3) is 0 Å². The van der Waals surface area contributed by atoms with Crippen LogP contribution in [0.3, 0.4) is 0 Å². The zero-order chi connectivity index (χ0) is 15.6. The van der Waals surface area contributed by atoms with E-state index in [0.717, 1.165) is 17.7 Å². The second kappa shape index (κ2) is 5.66. The van der Waals surface area contributed by atoms with E-state index < -0.39 is 40.1 Å². The molecule has 9 heteroatoms. The number of aryl methyl sites for hydroxylation is 1. The Balaban J connectivity index is 2.86. The topological polar surface area (TPSA) is 63.6 Å². The van der Waals surface area contributed by atoms with Crippen LogP contribution in [0.1, 0.15) is 5.56 Å². The van der Waals surface area contributed by atoms with E-state index in [1.807, 2.05) is 0 Å². The molecule has 0 spiro atoms. The van der Waals surface area contributed by atoms with E-state index in [9.17, 15) is 26.0 Å². The van der Waals surface area contributed by atoms with Gasteiger partial charge in [-0.3, -0.25) is 4.18 Å². The Morgan fingerprint density at radius 3 is 2.05 bits per heavy atom. The number of aliphatic hydroxyl groups is 1. The van der Waals surface area contributed by atoms with Gasteiger partial charge in [0.15, 0.2) is 0 Å². The molecule has 0 unspecified atom stereocenters. The molecule has 0 aliphatic rings. The summed E-state index contributed by atoms with van der Waals surface area (Å²) >= 11 is 0. The molecule has 0 heterocycles. The molecule has 0 aromatic heterocycles. The van der Waals surface area contributed by atoms with E-state index in [-0.39, 0.29) is 0 Å². The van der Waals surface area contributed by atoms with Crippen LogP contribution in [0.5, 0.6) is 0 Å². The van der Waals surface area contributed by atoms with Gasteiger partial charge in [0.05, 0.1) is 4.90 Å². The molecule has 1 aromatic rings. The van der Waals surface area contributed by atoms with E-state index in [2.05, 4.69) is 4.18 Å². The number of benzene rings is 1. The van der Waals surface area contributed by atoms with Crippen molar-refractivity contribution in [2.24, 2.45) is 0 Å². The Morgan fingerprint density at radius 1 is 1.10 bits per heavy atom. The largest absolute Gasteiger partial charge is 0.390 e. The van der Waals surface area contributed by atoms with Gasteiger partial charge in [0, 0.05) is 0 Å². The number of hydrogen-bond acceptors (Lipinski definition) is 4. The summed E-state index contributed by atoms with van der Waals surface area (Å²) in [4.78, 5) is -0.425. The van der Waals surface area contributed by atoms with Crippen LogP contribution < -0.4 is 0 Å². The summed E-state index contributed by atoms with van der Waals surface area (Å²) in [5.41, 5.74) is 0.723. The van der Waals surface area contributed by atoms with Crippen molar-refractivity contribution in [3.63, 3.8) is 0 Å². The minimum Gasteiger partial charge on any atom is -0.390 e. The van der Waals surface area contributed by atoms with Crippen molar-refractivity contribution in [2.75, 3.05) is 13.2 Å². The Kier molecular flexibility index (Phi) is 4.78. The van der Waals surface area contributed by atoms with Crippen molar-refractivity contribution in [3.05, 3.63) is 29.8 Å². The SMILES string of the molecule is Cc1ccc(S(=O)(=O)OCC(F)(F)C(F)(F)CO)cc1. The van der Waals surface area contributed by atoms with E-state index in [1.165, 1.54) is 12.1 Å². The lowest BCUT2D eigenvalue weighted by Crippen LogP contribution is -2.47. The summed E-state index contributed by atoms with van der Waals surface area (Å²) in [6.45, 7) is -2.50. The standard InChI is InChI=1S/C11H12F4O4S/c1-8-2-4-9(5-3-8)20(17,18)19-7-11(14,15)10(12,13)6-16/h2-5,16H,6-7H2,1H3. The van der Waals surface area contributed by atoms with Gasteiger partial charge in [0.2, 0.25) is 0 Å². The molecule has 0 fully saturated rings. The van der Waals surface area contributed by atoms with E-state index in [4.69, 9.17) is 5.11 Å². The summed E-state index contributed by atoms with van der Waals surface area (Å²) in [7, 11) is -4.57. The average Bonchev–Trinajstić information content (AvgIpc) is 2.37. The predicted octanol–water partition coefficient (Wildman–Crippen LogP) is 1.96. The fourth-order valence-corrected chi connectivity index (χ4v) is 2.05. The third kappa shape index (κ3) is 3.68. The van der Waals surface area contributed by atoms with Crippen LogP contribution in [-0.2, 0) is 14.3 Å². The molecule has 0 aliphatic carbocycles. The molecule has 1 aromatic carbocycles. The maximum Gasteiger partial charge on any atom is 0.336 e. The van der Waals surface area contributed by atoms with Gasteiger partial charge in [-0.05, 0) is 19.1 Å². The maximum atomic E-state index is 13.0. The van der Waals surface area contributed by atoms with Gasteiger partial charge in [0.25, 0.3) is 10.1 Å². The quantitative estimate of drug-likeness (QED) is 0.644. The van der Waals surface area contributed by atoms with Crippen molar-refractivity contribution >= 4 is 10.1 Å². The highest BCUT2D eigenvalue weighted by atomic mass is 32.2. The number of halogens is 4. The van der Waals surface area contributed by atoms with Gasteiger partial charge in [0.1, 0.15) is 13.2 Å². The van der Waals surface area contributed by atoms with Crippen molar-refractivity contribution in [2.45, 2.75) is 23.7 Å². The van der Waals surface area contributed by atoms with E-state index in [1.54, 1.807) is 6.92 Å². The molecule has 114 valence electrons. The smallest absolute Gasteiger partial charge is 0.336 e. The van der Waals surface area contributed by atoms with Crippen molar-refractivity contribution in [1.82, 2.24) is 0 Å². The lowest BCUT2D eigenvalue weighted by molar-refractivity contribution is -0.235. The third-order valence-corrected chi connectivity index (χ3v) is 3.72. The van der Waals surface area contributed by atoms with Gasteiger partial charge in [-0.1, -0.05) is 17.7 Å². The monoisotopic (exact) mass is 316 g/mol. The lowest BCUT2D eigenvalue weighted by Gasteiger charge is -2.24. The third-order valence-electron chi connectivity index (χ3n) is 2.44. The zero-order valence-corrected chi connectivity index (χ0v) is 11.1. The summed E-state index contributed by atoms with van der Waals surface area (Å²) in [6, 6.07) is 5.01.